The summed E-state index contributed by atoms with van der Waals surface area (Å²) in [4.78, 5) is 0. The van der Waals surface area contributed by atoms with Crippen LogP contribution in [0.2, 0.25) is 24.2 Å². The number of halogens is 2. The first kappa shape index (κ1) is 23.4. The van der Waals surface area contributed by atoms with Gasteiger partial charge in [-0.2, -0.15) is 8.78 Å². The molecule has 0 amide bonds. The van der Waals surface area contributed by atoms with Gasteiger partial charge in [-0.1, -0.05) is 93.9 Å². The molecule has 3 rings (SSSR count). The van der Waals surface area contributed by atoms with Crippen LogP contribution in [0.5, 0.6) is 0 Å². The zero-order valence-corrected chi connectivity index (χ0v) is 19.9. The largest absolute Gasteiger partial charge is 0.270 e. The first-order valence-corrected chi connectivity index (χ1v) is 15.2. The molecule has 0 radical (unpaired) electrons. The Morgan fingerprint density at radius 3 is 2.20 bits per heavy atom. The molecule has 1 aromatic rings. The Morgan fingerprint density at radius 2 is 1.60 bits per heavy atom. The van der Waals surface area contributed by atoms with Crippen molar-refractivity contribution in [1.29, 1.82) is 0 Å². The summed E-state index contributed by atoms with van der Waals surface area (Å²) in [7, 11) is -1.07. The molecule has 30 heavy (non-hydrogen) atoms. The van der Waals surface area contributed by atoms with Crippen LogP contribution in [0.3, 0.4) is 0 Å². The molecule has 1 heterocycles. The molecule has 1 aliphatic heterocycles. The van der Waals surface area contributed by atoms with Gasteiger partial charge in [0.15, 0.2) is 0 Å². The number of benzene rings is 1. The van der Waals surface area contributed by atoms with Gasteiger partial charge in [0.05, 0.1) is 8.07 Å². The first-order chi connectivity index (χ1) is 14.5. The Bertz CT molecular complexity index is 673. The van der Waals surface area contributed by atoms with Crippen molar-refractivity contribution in [3.8, 4) is 0 Å². The summed E-state index contributed by atoms with van der Waals surface area (Å²) in [6.07, 6.45) is 16.5. The minimum atomic E-state index is -1.63. The number of aryl methyl sites for hydroxylation is 1. The Morgan fingerprint density at radius 1 is 0.967 bits per heavy atom. The molecule has 2 aliphatic rings. The smallest absolute Gasteiger partial charge is 0.173 e. The fraction of sp³-hybridized carbons (Fsp3) is 0.630. The molecular formula is C27H40F2Si. The molecule has 0 spiro atoms. The summed E-state index contributed by atoms with van der Waals surface area (Å²) in [5.41, 5.74) is 2.95. The lowest BCUT2D eigenvalue weighted by atomic mass is 9.85. The van der Waals surface area contributed by atoms with Gasteiger partial charge in [0.25, 0.3) is 6.08 Å². The van der Waals surface area contributed by atoms with Gasteiger partial charge in [0, 0.05) is 6.08 Å². The second-order valence-electron chi connectivity index (χ2n) is 10.2. The van der Waals surface area contributed by atoms with Crippen molar-refractivity contribution in [3.05, 3.63) is 54.1 Å². The van der Waals surface area contributed by atoms with E-state index < -0.39 is 14.2 Å². The van der Waals surface area contributed by atoms with Gasteiger partial charge in [0.1, 0.15) is 0 Å². The summed E-state index contributed by atoms with van der Waals surface area (Å²) in [5, 5.41) is 0. The van der Waals surface area contributed by atoms with Crippen LogP contribution < -0.4 is 0 Å². The SMILES string of the molecule is C=CCCCC1CCC([Si]2(C)CCC(CCc3ccc(C=C(F)F)cc3)CC2)CC1. The van der Waals surface area contributed by atoms with Crippen molar-refractivity contribution in [3.63, 3.8) is 0 Å². The molecule has 0 atom stereocenters. The second-order valence-corrected chi connectivity index (χ2v) is 15.4. The van der Waals surface area contributed by atoms with Gasteiger partial charge >= 0.3 is 0 Å². The molecule has 1 aromatic carbocycles. The summed E-state index contributed by atoms with van der Waals surface area (Å²) >= 11 is 0. The summed E-state index contributed by atoms with van der Waals surface area (Å²) in [6.45, 7) is 6.56. The van der Waals surface area contributed by atoms with Crippen LogP contribution in [0, 0.1) is 11.8 Å². The molecule has 3 heteroatoms. The monoisotopic (exact) mass is 430 g/mol. The van der Waals surface area contributed by atoms with Crippen molar-refractivity contribution < 1.29 is 8.78 Å². The summed E-state index contributed by atoms with van der Waals surface area (Å²) in [5.74, 6) is 1.85. The highest BCUT2D eigenvalue weighted by Crippen LogP contribution is 2.48. The van der Waals surface area contributed by atoms with E-state index in [1.165, 1.54) is 81.9 Å². The Balaban J connectivity index is 1.39. The lowest BCUT2D eigenvalue weighted by Crippen LogP contribution is -2.41. The molecule has 0 nitrogen and oxygen atoms in total. The Labute approximate surface area is 183 Å². The van der Waals surface area contributed by atoms with Gasteiger partial charge in [-0.05, 0) is 54.2 Å². The van der Waals surface area contributed by atoms with Crippen molar-refractivity contribution >= 4 is 14.1 Å². The fourth-order valence-electron chi connectivity index (χ4n) is 6.01. The van der Waals surface area contributed by atoms with Gasteiger partial charge in [-0.15, -0.1) is 6.58 Å². The van der Waals surface area contributed by atoms with Crippen LogP contribution in [-0.2, 0) is 6.42 Å². The minimum Gasteiger partial charge on any atom is -0.173 e. The number of hydrogen-bond donors (Lipinski definition) is 0. The highest BCUT2D eigenvalue weighted by atomic mass is 28.3. The molecule has 0 unspecified atom stereocenters. The number of unbranched alkanes of at least 4 members (excludes halogenated alkanes) is 1. The molecule has 0 aromatic heterocycles. The summed E-state index contributed by atoms with van der Waals surface area (Å²) in [6, 6.07) is 10.7. The fourth-order valence-corrected chi connectivity index (χ4v) is 10.9. The van der Waals surface area contributed by atoms with Gasteiger partial charge in [-0.25, -0.2) is 0 Å². The number of rotatable bonds is 9. The Hall–Kier alpha value is -1.22. The quantitative estimate of drug-likeness (QED) is 0.208. The third kappa shape index (κ3) is 6.90. The van der Waals surface area contributed by atoms with Crippen molar-refractivity contribution in [1.82, 2.24) is 0 Å². The van der Waals surface area contributed by atoms with Gasteiger partial charge < -0.3 is 0 Å². The normalized spacial score (nSPS) is 29.4. The number of allylic oxidation sites excluding steroid dienone is 1. The average molecular weight is 431 g/mol. The predicted molar refractivity (Wildman–Crippen MR) is 129 cm³/mol. The van der Waals surface area contributed by atoms with Crippen LogP contribution >= 0.6 is 0 Å². The number of hydrogen-bond acceptors (Lipinski definition) is 0. The van der Waals surface area contributed by atoms with Crippen molar-refractivity contribution in [2.24, 2.45) is 11.8 Å². The van der Waals surface area contributed by atoms with Gasteiger partial charge in [-0.3, -0.25) is 0 Å². The van der Waals surface area contributed by atoms with Crippen LogP contribution in [0.1, 0.15) is 75.3 Å². The maximum Gasteiger partial charge on any atom is 0.270 e. The molecule has 166 valence electrons. The topological polar surface area (TPSA) is 0 Å². The zero-order chi connectivity index (χ0) is 21.4. The molecule has 1 saturated heterocycles. The predicted octanol–water partition coefficient (Wildman–Crippen LogP) is 9.26. The van der Waals surface area contributed by atoms with E-state index >= 15 is 0 Å². The van der Waals surface area contributed by atoms with E-state index in [-0.39, 0.29) is 0 Å². The van der Waals surface area contributed by atoms with E-state index in [0.717, 1.165) is 29.9 Å². The van der Waals surface area contributed by atoms with Crippen LogP contribution in [0.25, 0.3) is 6.08 Å². The maximum atomic E-state index is 12.4. The van der Waals surface area contributed by atoms with E-state index in [0.29, 0.717) is 5.56 Å². The highest BCUT2D eigenvalue weighted by molar-refractivity contribution is 6.80. The Kier molecular flexibility index (Phi) is 8.92. The van der Waals surface area contributed by atoms with Crippen LogP contribution in [0.15, 0.2) is 43.0 Å². The van der Waals surface area contributed by atoms with Gasteiger partial charge in [0.2, 0.25) is 0 Å². The molecular weight excluding hydrogens is 390 g/mol. The van der Waals surface area contributed by atoms with E-state index in [4.69, 9.17) is 0 Å². The second kappa shape index (κ2) is 11.4. The van der Waals surface area contributed by atoms with E-state index in [9.17, 15) is 8.78 Å². The third-order valence-corrected chi connectivity index (χ3v) is 13.6. The van der Waals surface area contributed by atoms with E-state index in [1.807, 2.05) is 24.3 Å². The average Bonchev–Trinajstić information content (AvgIpc) is 2.75. The third-order valence-electron chi connectivity index (χ3n) is 8.20. The van der Waals surface area contributed by atoms with Crippen molar-refractivity contribution in [2.75, 3.05) is 0 Å². The molecule has 1 aliphatic carbocycles. The molecule has 0 N–H and O–H groups in total. The zero-order valence-electron chi connectivity index (χ0n) is 18.9. The molecule has 1 saturated carbocycles. The van der Waals surface area contributed by atoms with E-state index in [1.54, 1.807) is 0 Å². The lowest BCUT2D eigenvalue weighted by molar-refractivity contribution is 0.324. The van der Waals surface area contributed by atoms with Crippen LogP contribution in [0.4, 0.5) is 8.78 Å². The maximum absolute atomic E-state index is 12.4. The minimum absolute atomic E-state index is 0.591. The van der Waals surface area contributed by atoms with E-state index in [2.05, 4.69) is 19.2 Å². The van der Waals surface area contributed by atoms with Crippen LogP contribution in [-0.4, -0.2) is 8.07 Å². The first-order valence-electron chi connectivity index (χ1n) is 12.2. The molecule has 0 bridgehead atoms. The lowest BCUT2D eigenvalue weighted by Gasteiger charge is -2.44. The van der Waals surface area contributed by atoms with Crippen molar-refractivity contribution in [2.45, 2.75) is 94.8 Å². The molecule has 2 fully saturated rings. The summed E-state index contributed by atoms with van der Waals surface area (Å²) < 4.78 is 24.7. The standard InChI is InChI=1S/C27H40F2Si/c1-3-4-5-6-22-13-15-26(16-14-22)30(2)19-17-24(18-20-30)8-7-23-9-11-25(12-10-23)21-27(28)29/h3,9-12,21-22,24,26H,1,4-8,13-20H2,2H3. The highest BCUT2D eigenvalue weighted by Gasteiger charge is 2.40.